The molecule has 2 unspecified atom stereocenters. The van der Waals surface area contributed by atoms with Gasteiger partial charge in [-0.05, 0) is 26.7 Å². The quantitative estimate of drug-likeness (QED) is 0.770. The van der Waals surface area contributed by atoms with Crippen molar-refractivity contribution < 1.29 is 9.59 Å². The third-order valence-corrected chi connectivity index (χ3v) is 4.24. The average Bonchev–Trinajstić information content (AvgIpc) is 2.46. The topological polar surface area (TPSA) is 75.4 Å². The van der Waals surface area contributed by atoms with E-state index in [4.69, 9.17) is 5.73 Å². The summed E-state index contributed by atoms with van der Waals surface area (Å²) in [6.07, 6.45) is 5.82. The molecule has 116 valence electrons. The van der Waals surface area contributed by atoms with Crippen molar-refractivity contribution in [3.05, 3.63) is 0 Å². The number of hydrogen-bond acceptors (Lipinski definition) is 3. The number of amides is 2. The molecule has 5 nitrogen and oxygen atoms in total. The molecule has 3 N–H and O–H groups in total. The van der Waals surface area contributed by atoms with Crippen LogP contribution in [0.3, 0.4) is 0 Å². The van der Waals surface area contributed by atoms with E-state index in [1.807, 2.05) is 13.8 Å². The highest BCUT2D eigenvalue weighted by molar-refractivity contribution is 5.81. The fraction of sp³-hybridized carbons (Fsp3) is 0.867. The van der Waals surface area contributed by atoms with E-state index in [2.05, 4.69) is 5.32 Å². The van der Waals surface area contributed by atoms with E-state index in [0.717, 1.165) is 25.7 Å². The lowest BCUT2D eigenvalue weighted by atomic mass is 9.88. The van der Waals surface area contributed by atoms with E-state index in [1.54, 1.807) is 11.9 Å². The van der Waals surface area contributed by atoms with E-state index < -0.39 is 0 Å². The SMILES string of the molecule is CC(CC(=O)N(C)C(C)CN)NC(=O)C1CCCCC1. The van der Waals surface area contributed by atoms with E-state index in [0.29, 0.717) is 13.0 Å². The van der Waals surface area contributed by atoms with Crippen molar-refractivity contribution in [3.63, 3.8) is 0 Å². The van der Waals surface area contributed by atoms with Crippen molar-refractivity contribution in [2.45, 2.75) is 64.5 Å². The number of likely N-dealkylation sites (N-methyl/N-ethyl adjacent to an activating group) is 1. The van der Waals surface area contributed by atoms with Crippen molar-refractivity contribution in [2.24, 2.45) is 11.7 Å². The Balaban J connectivity index is 2.36. The summed E-state index contributed by atoms with van der Waals surface area (Å²) in [4.78, 5) is 25.8. The molecule has 0 aromatic carbocycles. The monoisotopic (exact) mass is 283 g/mol. The molecule has 2 atom stereocenters. The molecule has 5 heteroatoms. The smallest absolute Gasteiger partial charge is 0.224 e. The van der Waals surface area contributed by atoms with E-state index in [-0.39, 0.29) is 29.8 Å². The Hall–Kier alpha value is -1.10. The first-order valence-corrected chi connectivity index (χ1v) is 7.71. The Bertz CT molecular complexity index is 311. The summed E-state index contributed by atoms with van der Waals surface area (Å²) in [7, 11) is 1.76. The summed E-state index contributed by atoms with van der Waals surface area (Å²) < 4.78 is 0. The van der Waals surface area contributed by atoms with Gasteiger partial charge in [-0.1, -0.05) is 19.3 Å². The van der Waals surface area contributed by atoms with Crippen LogP contribution in [0.2, 0.25) is 0 Å². The lowest BCUT2D eigenvalue weighted by Crippen LogP contribution is -2.44. The van der Waals surface area contributed by atoms with Gasteiger partial charge in [-0.15, -0.1) is 0 Å². The minimum atomic E-state index is -0.121. The molecule has 1 aliphatic carbocycles. The van der Waals surface area contributed by atoms with Gasteiger partial charge in [0.15, 0.2) is 0 Å². The minimum absolute atomic E-state index is 0.0272. The normalized spacial score (nSPS) is 19.2. The number of carbonyl (C=O) groups is 2. The fourth-order valence-corrected chi connectivity index (χ4v) is 2.59. The van der Waals surface area contributed by atoms with Gasteiger partial charge in [-0.2, -0.15) is 0 Å². The van der Waals surface area contributed by atoms with Gasteiger partial charge in [-0.25, -0.2) is 0 Å². The summed E-state index contributed by atoms with van der Waals surface area (Å²) in [5.41, 5.74) is 5.56. The summed E-state index contributed by atoms with van der Waals surface area (Å²) in [5, 5.41) is 2.97. The number of carbonyl (C=O) groups excluding carboxylic acids is 2. The highest BCUT2D eigenvalue weighted by Crippen LogP contribution is 2.23. The molecular formula is C15H29N3O2. The first-order chi connectivity index (χ1) is 9.45. The molecule has 1 aliphatic rings. The van der Waals surface area contributed by atoms with E-state index in [9.17, 15) is 9.59 Å². The number of hydrogen-bond donors (Lipinski definition) is 2. The maximum atomic E-state index is 12.1. The molecule has 0 saturated heterocycles. The van der Waals surface area contributed by atoms with Crippen LogP contribution >= 0.6 is 0 Å². The second-order valence-corrected chi connectivity index (χ2v) is 6.04. The molecule has 1 saturated carbocycles. The predicted molar refractivity (Wildman–Crippen MR) is 80.1 cm³/mol. The summed E-state index contributed by atoms with van der Waals surface area (Å²) in [6, 6.07) is -0.0897. The Morgan fingerprint density at radius 1 is 1.25 bits per heavy atom. The molecular weight excluding hydrogens is 254 g/mol. The zero-order valence-corrected chi connectivity index (χ0v) is 13.0. The van der Waals surface area contributed by atoms with Crippen molar-refractivity contribution in [3.8, 4) is 0 Å². The van der Waals surface area contributed by atoms with Gasteiger partial charge in [0.05, 0.1) is 0 Å². The number of rotatable bonds is 6. The number of nitrogens with zero attached hydrogens (tertiary/aromatic N) is 1. The molecule has 0 aromatic heterocycles. The van der Waals surface area contributed by atoms with Crippen LogP contribution in [0.25, 0.3) is 0 Å². The van der Waals surface area contributed by atoms with Crippen LogP contribution in [0.15, 0.2) is 0 Å². The first-order valence-electron chi connectivity index (χ1n) is 7.71. The predicted octanol–water partition coefficient (Wildman–Crippen LogP) is 1.27. The summed E-state index contributed by atoms with van der Waals surface area (Å²) in [5.74, 6) is 0.279. The van der Waals surface area contributed by atoms with E-state index in [1.165, 1.54) is 6.42 Å². The third kappa shape index (κ3) is 5.12. The van der Waals surface area contributed by atoms with E-state index >= 15 is 0 Å². The largest absolute Gasteiger partial charge is 0.353 e. The molecule has 0 heterocycles. The molecule has 20 heavy (non-hydrogen) atoms. The Labute approximate surface area is 122 Å². The Morgan fingerprint density at radius 2 is 1.85 bits per heavy atom. The van der Waals surface area contributed by atoms with Gasteiger partial charge in [0.25, 0.3) is 0 Å². The van der Waals surface area contributed by atoms with Gasteiger partial charge in [-0.3, -0.25) is 9.59 Å². The zero-order chi connectivity index (χ0) is 15.1. The maximum absolute atomic E-state index is 12.1. The summed E-state index contributed by atoms with van der Waals surface area (Å²) in [6.45, 7) is 4.26. The Morgan fingerprint density at radius 3 is 2.40 bits per heavy atom. The second kappa shape index (κ2) is 8.25. The minimum Gasteiger partial charge on any atom is -0.353 e. The van der Waals surface area contributed by atoms with Crippen molar-refractivity contribution in [2.75, 3.05) is 13.6 Å². The second-order valence-electron chi connectivity index (χ2n) is 6.04. The standard InChI is InChI=1S/C15H29N3O2/c1-11(9-14(19)18(3)12(2)10-16)17-15(20)13-7-5-4-6-8-13/h11-13H,4-10,16H2,1-3H3,(H,17,20). The van der Waals surface area contributed by atoms with Crippen molar-refractivity contribution in [1.82, 2.24) is 10.2 Å². The molecule has 0 aliphatic heterocycles. The highest BCUT2D eigenvalue weighted by atomic mass is 16.2. The Kier molecular flexibility index (Phi) is 6.99. The van der Waals surface area contributed by atoms with Gasteiger partial charge in [0, 0.05) is 38.0 Å². The zero-order valence-electron chi connectivity index (χ0n) is 13.0. The number of nitrogens with one attached hydrogen (secondary N) is 1. The van der Waals surface area contributed by atoms with Crippen LogP contribution in [-0.2, 0) is 9.59 Å². The molecule has 1 rings (SSSR count). The lowest BCUT2D eigenvalue weighted by molar-refractivity contribution is -0.132. The molecule has 0 bridgehead atoms. The van der Waals surface area contributed by atoms with Gasteiger partial charge in [0.2, 0.25) is 11.8 Å². The van der Waals surface area contributed by atoms with Gasteiger partial charge >= 0.3 is 0 Å². The molecule has 0 radical (unpaired) electrons. The molecule has 0 aromatic rings. The molecule has 1 fully saturated rings. The molecule has 2 amide bonds. The summed E-state index contributed by atoms with van der Waals surface area (Å²) >= 11 is 0. The highest BCUT2D eigenvalue weighted by Gasteiger charge is 2.24. The van der Waals surface area contributed by atoms with Gasteiger partial charge < -0.3 is 16.0 Å². The van der Waals surface area contributed by atoms with Crippen molar-refractivity contribution >= 4 is 11.8 Å². The van der Waals surface area contributed by atoms with Crippen LogP contribution in [0.1, 0.15) is 52.4 Å². The third-order valence-electron chi connectivity index (χ3n) is 4.24. The fourth-order valence-electron chi connectivity index (χ4n) is 2.59. The number of nitrogens with two attached hydrogens (primary N) is 1. The molecule has 0 spiro atoms. The van der Waals surface area contributed by atoms with Crippen LogP contribution in [0, 0.1) is 5.92 Å². The van der Waals surface area contributed by atoms with Gasteiger partial charge in [0.1, 0.15) is 0 Å². The van der Waals surface area contributed by atoms with Crippen LogP contribution in [-0.4, -0.2) is 42.4 Å². The van der Waals surface area contributed by atoms with Crippen LogP contribution < -0.4 is 11.1 Å². The first kappa shape index (κ1) is 17.0. The van der Waals surface area contributed by atoms with Crippen LogP contribution in [0.4, 0.5) is 0 Å². The van der Waals surface area contributed by atoms with Crippen LogP contribution in [0.5, 0.6) is 0 Å². The average molecular weight is 283 g/mol. The van der Waals surface area contributed by atoms with Crippen molar-refractivity contribution in [1.29, 1.82) is 0 Å². The lowest BCUT2D eigenvalue weighted by Gasteiger charge is -2.26. The maximum Gasteiger partial charge on any atom is 0.224 e.